The van der Waals surface area contributed by atoms with E-state index < -0.39 is 43.8 Å². The molecule has 8 nitrogen and oxygen atoms in total. The molecule has 1 aromatic rings. The number of aliphatic hydroxyl groups excluding tert-OH is 1. The zero-order valence-corrected chi connectivity index (χ0v) is 26.2. The van der Waals surface area contributed by atoms with Gasteiger partial charge in [-0.15, -0.1) is 0 Å². The summed E-state index contributed by atoms with van der Waals surface area (Å²) in [6.07, 6.45) is 4.97. The second-order valence-electron chi connectivity index (χ2n) is 12.3. The van der Waals surface area contributed by atoms with Gasteiger partial charge in [0.15, 0.2) is 11.8 Å². The Bertz CT molecular complexity index is 1270. The monoisotopic (exact) mass is 586 g/mol. The number of anilines is 2. The van der Waals surface area contributed by atoms with Crippen molar-refractivity contribution in [1.29, 1.82) is 0 Å². The van der Waals surface area contributed by atoms with Crippen molar-refractivity contribution in [3.63, 3.8) is 0 Å². The number of aliphatic hydroxyl groups is 1. The summed E-state index contributed by atoms with van der Waals surface area (Å²) in [6.45, 7) is 12.7. The second-order valence-corrected chi connectivity index (χ2v) is 16.1. The maximum Gasteiger partial charge on any atom is 0.304 e. The Morgan fingerprint density at radius 3 is 2.51 bits per heavy atom. The van der Waals surface area contributed by atoms with Crippen molar-refractivity contribution in [2.45, 2.75) is 96.9 Å². The third kappa shape index (κ3) is 5.78. The molecule has 0 aromatic heterocycles. The minimum Gasteiger partial charge on any atom is -0.441 e. The fraction of sp³-hybridized carbons (Fsp3) is 0.581. The molecule has 2 saturated heterocycles. The lowest BCUT2D eigenvalue weighted by molar-refractivity contribution is -0.153. The Balaban J connectivity index is 1.78. The quantitative estimate of drug-likeness (QED) is 0.128. The molecule has 10 heteroatoms. The number of carbonyl (C=O) groups excluding carboxylic acids is 3. The highest BCUT2D eigenvalue weighted by molar-refractivity contribution is 6.72. The molecule has 0 aliphatic carbocycles. The van der Waals surface area contributed by atoms with Gasteiger partial charge in [0.25, 0.3) is 5.91 Å². The number of hydrogen-bond donors (Lipinski definition) is 1. The molecule has 1 unspecified atom stereocenters. The molecule has 0 saturated carbocycles. The summed E-state index contributed by atoms with van der Waals surface area (Å²) >= 11 is 0. The van der Waals surface area contributed by atoms with Gasteiger partial charge in [0, 0.05) is 42.8 Å². The summed E-state index contributed by atoms with van der Waals surface area (Å²) in [4.78, 5) is 41.7. The van der Waals surface area contributed by atoms with Crippen LogP contribution in [0.25, 0.3) is 0 Å². The molecular formula is C31H43FN2O6Si. The fourth-order valence-corrected chi connectivity index (χ4v) is 9.23. The molecule has 2 fully saturated rings. The molecule has 1 N–H and O–H groups in total. The van der Waals surface area contributed by atoms with E-state index >= 15 is 4.11 Å². The van der Waals surface area contributed by atoms with Crippen molar-refractivity contribution in [2.75, 3.05) is 23.0 Å². The average Bonchev–Trinajstić information content (AvgIpc) is 3.28. The maximum absolute atomic E-state index is 15.8. The van der Waals surface area contributed by atoms with Gasteiger partial charge in [-0.1, -0.05) is 30.2 Å². The van der Waals surface area contributed by atoms with Crippen LogP contribution in [0.1, 0.15) is 65.9 Å². The molecule has 2 amide bonds. The number of β-lactam (4-membered cyclic amide) rings is 1. The van der Waals surface area contributed by atoms with Gasteiger partial charge in [-0.3, -0.25) is 19.3 Å². The number of amides is 2. The Morgan fingerprint density at radius 2 is 1.93 bits per heavy atom. The molecule has 0 bridgehead atoms. The minimum absolute atomic E-state index is 0.0822. The van der Waals surface area contributed by atoms with E-state index in [2.05, 4.69) is 19.9 Å². The second kappa shape index (κ2) is 11.8. The summed E-state index contributed by atoms with van der Waals surface area (Å²) in [5.74, 6) is -1.46. The van der Waals surface area contributed by atoms with Crippen LogP contribution in [0.2, 0.25) is 18.6 Å². The van der Waals surface area contributed by atoms with Gasteiger partial charge in [-0.2, -0.15) is 0 Å². The number of esters is 1. The number of carbonyl (C=O) groups is 3. The fourth-order valence-electron chi connectivity index (χ4n) is 6.68. The number of allylic oxidation sites excluding steroid dienone is 3. The molecule has 1 spiro atoms. The Kier molecular flexibility index (Phi) is 8.97. The third-order valence-electron chi connectivity index (χ3n) is 8.56. The first-order chi connectivity index (χ1) is 19.2. The molecule has 1 aromatic carbocycles. The Morgan fingerprint density at radius 1 is 1.22 bits per heavy atom. The molecule has 3 aliphatic heterocycles. The van der Waals surface area contributed by atoms with Gasteiger partial charge in [0.1, 0.15) is 0 Å². The van der Waals surface area contributed by atoms with E-state index in [4.69, 9.17) is 9.47 Å². The molecular weight excluding hydrogens is 543 g/mol. The summed E-state index contributed by atoms with van der Waals surface area (Å²) in [5, 5.41) is 9.80. The molecule has 0 radical (unpaired) electrons. The molecule has 224 valence electrons. The van der Waals surface area contributed by atoms with Gasteiger partial charge >= 0.3 is 5.97 Å². The average molecular weight is 587 g/mol. The minimum atomic E-state index is -3.33. The Hall–Kier alpha value is -2.82. The first-order valence-electron chi connectivity index (χ1n) is 14.4. The van der Waals surface area contributed by atoms with Crippen LogP contribution in [0, 0.1) is 5.92 Å². The van der Waals surface area contributed by atoms with Crippen LogP contribution in [0.3, 0.4) is 0 Å². The zero-order chi connectivity index (χ0) is 30.3. The largest absolute Gasteiger partial charge is 0.441 e. The van der Waals surface area contributed by atoms with Gasteiger partial charge in [-0.25, -0.2) is 0 Å². The van der Waals surface area contributed by atoms with E-state index in [-0.39, 0.29) is 31.3 Å². The number of rotatable bonds is 10. The van der Waals surface area contributed by atoms with Crippen LogP contribution in [0.4, 0.5) is 15.5 Å². The standard InChI is InChI=1S/C31H43FN2O6Si/c1-19(2)9-8-10-20(3)13-15-33-25-12-11-23(34-27(37)18-28(34)39-22(5)36)17-24(25)31(30(33)38)21(4)29(41(6,7)32)26(40-31)14-16-35/h9,11-13,17,21,26,28-29,35H,8,10,14-16,18H2,1-7H3/b20-13+/t21-,26+,28?,29-,31+/m1/s1. The van der Waals surface area contributed by atoms with Crippen molar-refractivity contribution in [2.24, 2.45) is 5.92 Å². The zero-order valence-electron chi connectivity index (χ0n) is 25.2. The van der Waals surface area contributed by atoms with Crippen LogP contribution >= 0.6 is 0 Å². The highest BCUT2D eigenvalue weighted by Crippen LogP contribution is 2.60. The Labute approximate surface area is 243 Å². The van der Waals surface area contributed by atoms with Crippen LogP contribution in [0.5, 0.6) is 0 Å². The van der Waals surface area contributed by atoms with Gasteiger partial charge in [0.2, 0.25) is 14.3 Å². The highest BCUT2D eigenvalue weighted by Gasteiger charge is 2.66. The number of nitrogens with zero attached hydrogens (tertiary/aromatic N) is 2. The summed E-state index contributed by atoms with van der Waals surface area (Å²) < 4.78 is 27.7. The molecule has 41 heavy (non-hydrogen) atoms. The van der Waals surface area contributed by atoms with Crippen molar-refractivity contribution >= 4 is 37.6 Å². The van der Waals surface area contributed by atoms with Crippen LogP contribution < -0.4 is 9.80 Å². The van der Waals surface area contributed by atoms with Gasteiger partial charge < -0.3 is 23.6 Å². The number of ether oxygens (including phenoxy) is 2. The number of fused-ring (bicyclic) bond motifs is 2. The van der Waals surface area contributed by atoms with E-state index in [1.54, 1.807) is 36.2 Å². The molecule has 3 aliphatic rings. The van der Waals surface area contributed by atoms with Crippen molar-refractivity contribution in [3.05, 3.63) is 47.1 Å². The van der Waals surface area contributed by atoms with E-state index in [1.807, 2.05) is 19.9 Å². The lowest BCUT2D eigenvalue weighted by Crippen LogP contribution is -2.55. The maximum atomic E-state index is 15.8. The SMILES string of the molecule is CC(=O)OC1CC(=O)N1c1ccc2c(c1)[C@]1(O[C@@H](CCO)[C@H]([Si](C)(C)F)[C@H]1C)C(=O)N2C/C=C(\C)CCC=C(C)C. The van der Waals surface area contributed by atoms with Crippen molar-refractivity contribution in [1.82, 2.24) is 0 Å². The van der Waals surface area contributed by atoms with Gasteiger partial charge in [-0.05, 0) is 71.3 Å². The molecule has 4 rings (SSSR count). The van der Waals surface area contributed by atoms with Crippen molar-refractivity contribution in [3.8, 4) is 0 Å². The number of benzene rings is 1. The smallest absolute Gasteiger partial charge is 0.304 e. The topological polar surface area (TPSA) is 96.4 Å². The van der Waals surface area contributed by atoms with Crippen LogP contribution in [-0.2, 0) is 29.5 Å². The van der Waals surface area contributed by atoms with Crippen LogP contribution in [0.15, 0.2) is 41.5 Å². The van der Waals surface area contributed by atoms with E-state index in [0.717, 1.165) is 18.4 Å². The molecule has 5 atom stereocenters. The normalized spacial score (nSPS) is 27.8. The number of halogens is 1. The van der Waals surface area contributed by atoms with Gasteiger partial charge in [0.05, 0.1) is 18.2 Å². The van der Waals surface area contributed by atoms with E-state index in [0.29, 0.717) is 23.5 Å². The number of hydrogen-bond acceptors (Lipinski definition) is 6. The predicted octanol–water partition coefficient (Wildman–Crippen LogP) is 5.51. The first kappa shape index (κ1) is 31.1. The lowest BCUT2D eigenvalue weighted by Gasteiger charge is -2.39. The third-order valence-corrected chi connectivity index (χ3v) is 11.0. The van der Waals surface area contributed by atoms with Crippen LogP contribution in [-0.4, -0.2) is 56.8 Å². The van der Waals surface area contributed by atoms with E-state index in [9.17, 15) is 19.5 Å². The lowest BCUT2D eigenvalue weighted by atomic mass is 9.82. The van der Waals surface area contributed by atoms with E-state index in [1.165, 1.54) is 17.4 Å². The molecule has 3 heterocycles. The summed E-state index contributed by atoms with van der Waals surface area (Å²) in [7, 11) is -3.33. The predicted molar refractivity (Wildman–Crippen MR) is 159 cm³/mol. The summed E-state index contributed by atoms with van der Waals surface area (Å²) in [6, 6.07) is 5.30. The summed E-state index contributed by atoms with van der Waals surface area (Å²) in [5.41, 5.74) is 2.15. The first-order valence-corrected chi connectivity index (χ1v) is 17.4. The van der Waals surface area contributed by atoms with Crippen molar-refractivity contribution < 1.29 is 33.1 Å². The highest BCUT2D eigenvalue weighted by atomic mass is 28.4.